The van der Waals surface area contributed by atoms with Crippen molar-refractivity contribution in [3.8, 4) is 11.1 Å². The van der Waals surface area contributed by atoms with Crippen molar-refractivity contribution in [1.82, 2.24) is 9.62 Å². The van der Waals surface area contributed by atoms with E-state index in [2.05, 4.69) is 15.9 Å². The van der Waals surface area contributed by atoms with Gasteiger partial charge in [0.2, 0.25) is 0 Å². The van der Waals surface area contributed by atoms with Gasteiger partial charge in [-0.3, -0.25) is 34.7 Å². The first-order chi connectivity index (χ1) is 22.3. The molecule has 0 aromatic heterocycles. The van der Waals surface area contributed by atoms with Crippen LogP contribution in [0.2, 0.25) is 0 Å². The number of nitro benzene ring substituents is 2. The van der Waals surface area contributed by atoms with E-state index in [9.17, 15) is 38.2 Å². The number of halogens is 1. The number of sulfonamides is 1. The summed E-state index contributed by atoms with van der Waals surface area (Å²) in [6.07, 6.45) is 1.53. The number of hydrogen-bond acceptors (Lipinski definition) is 10. The summed E-state index contributed by atoms with van der Waals surface area (Å²) in [6, 6.07) is 22.8. The second-order valence-corrected chi connectivity index (χ2v) is 14.3. The maximum absolute atomic E-state index is 13.7. The van der Waals surface area contributed by atoms with E-state index in [1.165, 1.54) is 12.1 Å². The Morgan fingerprint density at radius 1 is 0.872 bits per heavy atom. The van der Waals surface area contributed by atoms with Crippen LogP contribution < -0.4 is 4.72 Å². The average Bonchev–Trinajstić information content (AvgIpc) is 3.32. The van der Waals surface area contributed by atoms with Crippen molar-refractivity contribution in [3.05, 3.63) is 138 Å². The molecule has 1 aliphatic rings. The van der Waals surface area contributed by atoms with E-state index >= 15 is 0 Å². The highest BCUT2D eigenvalue weighted by Gasteiger charge is 2.41. The average molecular weight is 754 g/mol. The van der Waals surface area contributed by atoms with E-state index in [0.29, 0.717) is 11.1 Å². The van der Waals surface area contributed by atoms with Crippen molar-refractivity contribution < 1.29 is 27.9 Å². The third-order valence-corrected chi connectivity index (χ3v) is 10.2. The van der Waals surface area contributed by atoms with Crippen molar-refractivity contribution in [1.29, 1.82) is 0 Å². The summed E-state index contributed by atoms with van der Waals surface area (Å²) in [5.41, 5.74) is 2.48. The first-order valence-corrected chi connectivity index (χ1v) is 17.0. The molecule has 0 unspecified atom stereocenters. The van der Waals surface area contributed by atoms with Crippen LogP contribution in [0.15, 0.2) is 111 Å². The van der Waals surface area contributed by atoms with E-state index in [-0.39, 0.29) is 31.9 Å². The van der Waals surface area contributed by atoms with Crippen LogP contribution in [0, 0.1) is 20.2 Å². The number of benzene rings is 4. The lowest BCUT2D eigenvalue weighted by Crippen LogP contribution is -2.51. The Labute approximate surface area is 286 Å². The number of nitrogens with one attached hydrogen (secondary N) is 1. The molecule has 16 heteroatoms. The molecule has 12 nitrogen and oxygen atoms in total. The van der Waals surface area contributed by atoms with Crippen LogP contribution in [0.3, 0.4) is 0 Å². The van der Waals surface area contributed by atoms with Crippen molar-refractivity contribution in [2.75, 3.05) is 0 Å². The summed E-state index contributed by atoms with van der Waals surface area (Å²) in [7, 11) is -4.47. The van der Waals surface area contributed by atoms with E-state index in [1.54, 1.807) is 66.7 Å². The molecule has 1 heterocycles. The third kappa shape index (κ3) is 7.79. The van der Waals surface area contributed by atoms with Crippen LogP contribution in [0.4, 0.5) is 11.4 Å². The molecule has 0 radical (unpaired) electrons. The Kier molecular flexibility index (Phi) is 9.95. The van der Waals surface area contributed by atoms with E-state index in [4.69, 9.17) is 12.2 Å². The molecular weight excluding hydrogens is 732 g/mol. The number of thioether (sulfide) groups is 1. The standard InChI is InChI=1S/C31H21BrN4O8S3/c32-23-9-3-19(4-10-23)17-27(29(37)33-47(43,44)26-15-13-25(14-16-26)36(41)42)34-30(38)28(46-31(34)45)18-20-1-5-21(6-2-20)22-7-11-24(12-8-22)35(39)40/h1-16,18,27H,17H2,(H,33,37)/b28-18-/t27-/m0/s1. The molecule has 5 rings (SSSR count). The largest absolute Gasteiger partial charge is 0.280 e. The van der Waals surface area contributed by atoms with Crippen LogP contribution in [0.1, 0.15) is 11.1 Å². The minimum Gasteiger partial charge on any atom is -0.280 e. The number of carbonyl (C=O) groups is 2. The maximum atomic E-state index is 13.7. The second kappa shape index (κ2) is 13.9. The Balaban J connectivity index is 1.40. The molecule has 4 aromatic rings. The van der Waals surface area contributed by atoms with E-state index < -0.39 is 37.7 Å². The lowest BCUT2D eigenvalue weighted by atomic mass is 10.0. The summed E-state index contributed by atoms with van der Waals surface area (Å²) in [6.45, 7) is 0. The first-order valence-electron chi connectivity index (χ1n) is 13.5. The van der Waals surface area contributed by atoms with Crippen molar-refractivity contribution >= 4 is 83.5 Å². The summed E-state index contributed by atoms with van der Waals surface area (Å²) in [4.78, 5) is 49.0. The fourth-order valence-corrected chi connectivity index (χ4v) is 7.23. The minimum absolute atomic E-state index is 0.0246. The van der Waals surface area contributed by atoms with Gasteiger partial charge in [0.25, 0.3) is 33.2 Å². The fraction of sp³-hybridized carbons (Fsp3) is 0.0645. The van der Waals surface area contributed by atoms with Crippen LogP contribution >= 0.6 is 39.9 Å². The van der Waals surface area contributed by atoms with Crippen molar-refractivity contribution in [3.63, 3.8) is 0 Å². The molecule has 1 atom stereocenters. The number of amides is 2. The highest BCUT2D eigenvalue weighted by atomic mass is 79.9. The summed E-state index contributed by atoms with van der Waals surface area (Å²) in [5, 5.41) is 21.9. The number of nitrogens with zero attached hydrogens (tertiary/aromatic N) is 3. The molecule has 0 bridgehead atoms. The molecule has 0 spiro atoms. The zero-order valence-electron chi connectivity index (χ0n) is 23.8. The van der Waals surface area contributed by atoms with Gasteiger partial charge in [0.1, 0.15) is 10.4 Å². The Bertz CT molecular complexity index is 2040. The topological polar surface area (TPSA) is 170 Å². The van der Waals surface area contributed by atoms with Crippen LogP contribution in [0.5, 0.6) is 0 Å². The fourth-order valence-electron chi connectivity index (χ4n) is 4.60. The number of hydrogen-bond donors (Lipinski definition) is 1. The normalized spacial score (nSPS) is 14.7. The summed E-state index contributed by atoms with van der Waals surface area (Å²) >= 11 is 9.82. The predicted octanol–water partition coefficient (Wildman–Crippen LogP) is 6.25. The van der Waals surface area contributed by atoms with Crippen molar-refractivity contribution in [2.45, 2.75) is 17.4 Å². The lowest BCUT2D eigenvalue weighted by molar-refractivity contribution is -0.385. The molecule has 1 saturated heterocycles. The van der Waals surface area contributed by atoms with Crippen LogP contribution in [0.25, 0.3) is 17.2 Å². The Morgan fingerprint density at radius 3 is 1.91 bits per heavy atom. The first kappa shape index (κ1) is 33.6. The van der Waals surface area contributed by atoms with Gasteiger partial charge in [0, 0.05) is 35.2 Å². The van der Waals surface area contributed by atoms with Gasteiger partial charge in [-0.05, 0) is 64.7 Å². The molecule has 47 heavy (non-hydrogen) atoms. The van der Waals surface area contributed by atoms with Crippen molar-refractivity contribution in [2.24, 2.45) is 0 Å². The highest BCUT2D eigenvalue weighted by Crippen LogP contribution is 2.35. The van der Waals surface area contributed by atoms with Gasteiger partial charge in [-0.2, -0.15) is 0 Å². The zero-order valence-corrected chi connectivity index (χ0v) is 27.8. The zero-order chi connectivity index (χ0) is 33.9. The molecule has 0 saturated carbocycles. The number of nitro groups is 2. The minimum atomic E-state index is -4.47. The maximum Gasteiger partial charge on any atom is 0.269 e. The van der Waals surface area contributed by atoms with Crippen LogP contribution in [-0.2, 0) is 26.0 Å². The number of thiocarbonyl (C=S) groups is 1. The monoisotopic (exact) mass is 752 g/mol. The quantitative estimate of drug-likeness (QED) is 0.0846. The number of rotatable bonds is 10. The lowest BCUT2D eigenvalue weighted by Gasteiger charge is -2.26. The molecule has 2 amide bonds. The van der Waals surface area contributed by atoms with Gasteiger partial charge >= 0.3 is 0 Å². The SMILES string of the molecule is O=C(NS(=O)(=O)c1ccc([N+](=O)[O-])cc1)[C@H](Cc1ccc(Br)cc1)N1C(=O)/C(=C/c2ccc(-c3ccc([N+](=O)[O-])cc3)cc2)SC1=S. The summed E-state index contributed by atoms with van der Waals surface area (Å²) < 4.78 is 29.0. The predicted molar refractivity (Wildman–Crippen MR) is 184 cm³/mol. The summed E-state index contributed by atoms with van der Waals surface area (Å²) in [5.74, 6) is -1.61. The Morgan fingerprint density at radius 2 is 1.38 bits per heavy atom. The van der Waals surface area contributed by atoms with Gasteiger partial charge in [-0.1, -0.05) is 76.3 Å². The smallest absolute Gasteiger partial charge is 0.269 e. The molecule has 4 aromatic carbocycles. The van der Waals surface area contributed by atoms with E-state index in [0.717, 1.165) is 56.5 Å². The number of carbonyl (C=O) groups excluding carboxylic acids is 2. The molecule has 1 fully saturated rings. The molecule has 0 aliphatic carbocycles. The van der Waals surface area contributed by atoms with Gasteiger partial charge < -0.3 is 0 Å². The van der Waals surface area contributed by atoms with Gasteiger partial charge in [-0.15, -0.1) is 0 Å². The van der Waals surface area contributed by atoms with E-state index in [1.807, 2.05) is 4.72 Å². The molecule has 1 N–H and O–H groups in total. The van der Waals surface area contributed by atoms with Gasteiger partial charge in [0.15, 0.2) is 0 Å². The highest BCUT2D eigenvalue weighted by molar-refractivity contribution is 9.10. The molecule has 1 aliphatic heterocycles. The van der Waals surface area contributed by atoms with Crippen LogP contribution in [-0.4, -0.2) is 45.3 Å². The van der Waals surface area contributed by atoms with Gasteiger partial charge in [-0.25, -0.2) is 13.1 Å². The second-order valence-electron chi connectivity index (χ2n) is 10.0. The van der Waals surface area contributed by atoms with Gasteiger partial charge in [0.05, 0.1) is 19.6 Å². The molecule has 238 valence electrons. The Hall–Kier alpha value is -4.77. The molecular formula is C31H21BrN4O8S3. The number of non-ortho nitro benzene ring substituents is 2. The third-order valence-electron chi connectivity index (χ3n) is 6.99.